The maximum Gasteiger partial charge on any atom is 0.573 e. The molecule has 5 fully saturated rings. The van der Waals surface area contributed by atoms with Crippen LogP contribution in [0.4, 0.5) is 13.2 Å². The maximum atomic E-state index is 13.2. The van der Waals surface area contributed by atoms with E-state index in [1.165, 1.54) is 0 Å². The van der Waals surface area contributed by atoms with E-state index >= 15 is 0 Å². The number of nitrogens with one attached hydrogen (secondary N) is 2. The van der Waals surface area contributed by atoms with Gasteiger partial charge < -0.3 is 10.1 Å². The lowest BCUT2D eigenvalue weighted by atomic mass is 9.50. The molecule has 0 aromatic heterocycles. The van der Waals surface area contributed by atoms with Crippen LogP contribution in [0.25, 0.3) is 0 Å². The predicted molar refractivity (Wildman–Crippen MR) is 123 cm³/mol. The summed E-state index contributed by atoms with van der Waals surface area (Å²) in [6.45, 7) is 0.186. The average Bonchev–Trinajstić information content (AvgIpc) is 3.24. The number of ether oxygens (including phenoxy) is 1. The van der Waals surface area contributed by atoms with E-state index in [1.807, 2.05) is 0 Å². The summed E-state index contributed by atoms with van der Waals surface area (Å²) in [5.41, 5.74) is -1.00. The molecular formula is C25H30F3N3O4S. The normalized spacial score (nSPS) is 35.5. The minimum absolute atomic E-state index is 0.0607. The third-order valence-corrected chi connectivity index (χ3v) is 10.1. The molecule has 1 aromatic rings. The highest BCUT2D eigenvalue weighted by molar-refractivity contribution is 7.89. The largest absolute Gasteiger partial charge is 0.573 e. The smallest absolute Gasteiger partial charge is 0.406 e. The fourth-order valence-electron chi connectivity index (χ4n) is 7.66. The minimum atomic E-state index is -4.85. The molecule has 7 nitrogen and oxygen atoms in total. The Hall–Kier alpha value is -2.16. The zero-order valence-corrected chi connectivity index (χ0v) is 20.6. The van der Waals surface area contributed by atoms with Gasteiger partial charge in [0.05, 0.1) is 23.4 Å². The van der Waals surface area contributed by atoms with Crippen molar-refractivity contribution in [3.8, 4) is 11.8 Å². The Morgan fingerprint density at radius 2 is 1.72 bits per heavy atom. The maximum absolute atomic E-state index is 13.2. The van der Waals surface area contributed by atoms with Crippen molar-refractivity contribution >= 4 is 15.8 Å². The minimum Gasteiger partial charge on any atom is -0.406 e. The summed E-state index contributed by atoms with van der Waals surface area (Å²) in [5, 5.41) is 12.9. The standard InChI is InChI=1S/C25H30F3N3O4S/c26-25(27,28)35-19-4-6-20(7-5-19)36(33,34)31-24-11-16-8-17(12-24)10-23(9-16,15-24)30-14-22(32)21-3-1-2-18(21)13-29/h4-7,16-18,21,30-31H,1-3,8-12,14-15H2/t16?,17?,18-,21?,23?,24?/m0/s1. The highest BCUT2D eigenvalue weighted by atomic mass is 32.2. The first-order valence-corrected chi connectivity index (χ1v) is 14.0. The van der Waals surface area contributed by atoms with Crippen molar-refractivity contribution in [1.29, 1.82) is 5.26 Å². The van der Waals surface area contributed by atoms with Crippen LogP contribution in [0.15, 0.2) is 29.2 Å². The third-order valence-electron chi connectivity index (χ3n) is 8.51. The second kappa shape index (κ2) is 8.99. The Morgan fingerprint density at radius 1 is 1.08 bits per heavy atom. The predicted octanol–water partition coefficient (Wildman–Crippen LogP) is 4.05. The second-order valence-corrected chi connectivity index (χ2v) is 12.9. The average molecular weight is 526 g/mol. The summed E-state index contributed by atoms with van der Waals surface area (Å²) in [6.07, 6.45) is 2.30. The number of halogens is 3. The van der Waals surface area contributed by atoms with E-state index in [4.69, 9.17) is 0 Å². The Balaban J connectivity index is 1.29. The number of Topliss-reactive ketones (excluding diaryl/α,β-unsaturated/α-hetero) is 1. The molecule has 0 heterocycles. The van der Waals surface area contributed by atoms with E-state index in [-0.39, 0.29) is 34.6 Å². The van der Waals surface area contributed by atoms with Gasteiger partial charge >= 0.3 is 6.36 Å². The molecule has 4 atom stereocenters. The van der Waals surface area contributed by atoms with Crippen LogP contribution in [-0.2, 0) is 14.8 Å². The zero-order chi connectivity index (χ0) is 25.8. The van der Waals surface area contributed by atoms with E-state index in [0.717, 1.165) is 62.8 Å². The van der Waals surface area contributed by atoms with Crippen LogP contribution >= 0.6 is 0 Å². The van der Waals surface area contributed by atoms with Crippen molar-refractivity contribution in [2.75, 3.05) is 6.54 Å². The fraction of sp³-hybridized carbons (Fsp3) is 0.680. The van der Waals surface area contributed by atoms with Crippen molar-refractivity contribution in [1.82, 2.24) is 10.0 Å². The van der Waals surface area contributed by atoms with E-state index in [9.17, 15) is 31.6 Å². The fourth-order valence-corrected chi connectivity index (χ4v) is 9.08. The summed E-state index contributed by atoms with van der Waals surface area (Å²) >= 11 is 0. The lowest BCUT2D eigenvalue weighted by molar-refractivity contribution is -0.274. The first-order valence-electron chi connectivity index (χ1n) is 12.5. The topological polar surface area (TPSA) is 108 Å². The number of carbonyl (C=O) groups excluding carboxylic acids is 1. The van der Waals surface area contributed by atoms with Gasteiger partial charge in [-0.25, -0.2) is 13.1 Å². The molecular weight excluding hydrogens is 495 g/mol. The van der Waals surface area contributed by atoms with Gasteiger partial charge in [-0.3, -0.25) is 4.79 Å². The van der Waals surface area contributed by atoms with Crippen molar-refractivity contribution in [2.24, 2.45) is 23.7 Å². The van der Waals surface area contributed by atoms with Crippen LogP contribution in [0.3, 0.4) is 0 Å². The number of benzene rings is 1. The van der Waals surface area contributed by atoms with Gasteiger partial charge in [0.2, 0.25) is 10.0 Å². The molecule has 0 radical (unpaired) electrons. The SMILES string of the molecule is N#C[C@@H]1CCCC1C(=O)CNC12CC3CC(C1)CC(NS(=O)(=O)c1ccc(OC(F)(F)F)cc1)(C3)C2. The van der Waals surface area contributed by atoms with Crippen LogP contribution in [0.5, 0.6) is 5.75 Å². The van der Waals surface area contributed by atoms with Gasteiger partial charge in [0.1, 0.15) is 5.75 Å². The number of ketones is 1. The highest BCUT2D eigenvalue weighted by Crippen LogP contribution is 2.58. The zero-order valence-electron chi connectivity index (χ0n) is 19.8. The van der Waals surface area contributed by atoms with Gasteiger partial charge in [0.25, 0.3) is 0 Å². The Morgan fingerprint density at radius 3 is 2.33 bits per heavy atom. The molecule has 5 aliphatic rings. The van der Waals surface area contributed by atoms with Gasteiger partial charge in [0.15, 0.2) is 5.78 Å². The van der Waals surface area contributed by atoms with Gasteiger partial charge in [-0.05, 0) is 87.5 Å². The van der Waals surface area contributed by atoms with Crippen LogP contribution in [0, 0.1) is 35.0 Å². The van der Waals surface area contributed by atoms with E-state index in [2.05, 4.69) is 20.8 Å². The Labute approximate surface area is 208 Å². The van der Waals surface area contributed by atoms with Crippen molar-refractivity contribution in [3.05, 3.63) is 24.3 Å². The number of sulfonamides is 1. The quantitative estimate of drug-likeness (QED) is 0.530. The van der Waals surface area contributed by atoms with Crippen LogP contribution < -0.4 is 14.8 Å². The van der Waals surface area contributed by atoms with Gasteiger partial charge in [-0.15, -0.1) is 13.2 Å². The lowest BCUT2D eigenvalue weighted by Gasteiger charge is -2.62. The van der Waals surface area contributed by atoms with Crippen molar-refractivity contribution in [3.63, 3.8) is 0 Å². The van der Waals surface area contributed by atoms with Gasteiger partial charge in [-0.1, -0.05) is 6.42 Å². The third kappa shape index (κ3) is 5.13. The number of nitriles is 1. The number of hydrogen-bond acceptors (Lipinski definition) is 6. The summed E-state index contributed by atoms with van der Waals surface area (Å²) < 4.78 is 70.6. The van der Waals surface area contributed by atoms with E-state index in [0.29, 0.717) is 31.1 Å². The summed E-state index contributed by atoms with van der Waals surface area (Å²) in [4.78, 5) is 12.8. The molecule has 3 unspecified atom stereocenters. The van der Waals surface area contributed by atoms with Crippen molar-refractivity contribution < 1.29 is 31.1 Å². The molecule has 0 saturated heterocycles. The molecule has 6 rings (SSSR count). The number of rotatable bonds is 8. The Kier molecular flexibility index (Phi) is 6.37. The molecule has 36 heavy (non-hydrogen) atoms. The molecule has 4 bridgehead atoms. The van der Waals surface area contributed by atoms with Crippen LogP contribution in [0.2, 0.25) is 0 Å². The first kappa shape index (κ1) is 25.5. The number of carbonyl (C=O) groups is 1. The number of alkyl halides is 3. The summed E-state index contributed by atoms with van der Waals surface area (Å²) in [5.74, 6) is -0.208. The molecule has 5 saturated carbocycles. The molecule has 1 aromatic carbocycles. The Bertz CT molecular complexity index is 1150. The highest BCUT2D eigenvalue weighted by Gasteiger charge is 2.58. The second-order valence-electron chi connectivity index (χ2n) is 11.2. The monoisotopic (exact) mass is 525 g/mol. The van der Waals surface area contributed by atoms with Gasteiger partial charge in [0, 0.05) is 17.0 Å². The molecule has 196 valence electrons. The molecule has 11 heteroatoms. The number of hydrogen-bond donors (Lipinski definition) is 2. The van der Waals surface area contributed by atoms with Gasteiger partial charge in [-0.2, -0.15) is 5.26 Å². The summed E-state index contributed by atoms with van der Waals surface area (Å²) in [7, 11) is -3.98. The molecule has 2 N–H and O–H groups in total. The van der Waals surface area contributed by atoms with E-state index in [1.54, 1.807) is 0 Å². The molecule has 0 spiro atoms. The lowest BCUT2D eigenvalue weighted by Crippen LogP contribution is -2.69. The number of nitrogens with zero attached hydrogens (tertiary/aromatic N) is 1. The van der Waals surface area contributed by atoms with Crippen LogP contribution in [-0.4, -0.2) is 38.2 Å². The molecule has 0 amide bonds. The van der Waals surface area contributed by atoms with E-state index < -0.39 is 27.7 Å². The molecule has 0 aliphatic heterocycles. The first-order chi connectivity index (χ1) is 16.9. The summed E-state index contributed by atoms with van der Waals surface area (Å²) in [6, 6.07) is 6.48. The molecule has 5 aliphatic carbocycles. The van der Waals surface area contributed by atoms with Crippen LogP contribution in [0.1, 0.15) is 57.8 Å². The van der Waals surface area contributed by atoms with Crippen molar-refractivity contribution in [2.45, 2.75) is 80.1 Å².